The number of likely N-dealkylation sites (tertiary alicyclic amines) is 1. The molecule has 1 amide bonds. The Balaban J connectivity index is 2.09. The standard InChI is InChI=1S/C15H25F2NO3/c1-21-11-12-6-2-5-9-18(10-12)13(19)15(16,17)14(20)7-3-4-8-14/h12,20H,2-11H2,1H3. The van der Waals surface area contributed by atoms with Crippen molar-refractivity contribution in [3.63, 3.8) is 0 Å². The van der Waals surface area contributed by atoms with Gasteiger partial charge in [-0.1, -0.05) is 19.3 Å². The monoisotopic (exact) mass is 305 g/mol. The molecule has 1 aliphatic heterocycles. The highest BCUT2D eigenvalue weighted by Crippen LogP contribution is 2.43. The smallest absolute Gasteiger partial charge is 0.352 e. The van der Waals surface area contributed by atoms with Gasteiger partial charge in [-0.15, -0.1) is 0 Å². The van der Waals surface area contributed by atoms with Crippen LogP contribution in [-0.4, -0.2) is 54.2 Å². The zero-order chi connectivity index (χ0) is 15.5. The van der Waals surface area contributed by atoms with E-state index in [4.69, 9.17) is 4.74 Å². The molecule has 122 valence electrons. The van der Waals surface area contributed by atoms with Crippen LogP contribution in [0, 0.1) is 5.92 Å². The number of hydrogen-bond acceptors (Lipinski definition) is 3. The summed E-state index contributed by atoms with van der Waals surface area (Å²) in [6, 6.07) is 0. The summed E-state index contributed by atoms with van der Waals surface area (Å²) in [6.07, 6.45) is 3.61. The number of carbonyl (C=O) groups excluding carboxylic acids is 1. The van der Waals surface area contributed by atoms with Gasteiger partial charge in [-0.25, -0.2) is 0 Å². The molecule has 6 heteroatoms. The Bertz CT molecular complexity index is 370. The topological polar surface area (TPSA) is 49.8 Å². The molecule has 1 saturated carbocycles. The second-order valence-electron chi connectivity index (χ2n) is 6.38. The van der Waals surface area contributed by atoms with E-state index in [-0.39, 0.29) is 18.8 Å². The highest BCUT2D eigenvalue weighted by molar-refractivity contribution is 5.85. The average Bonchev–Trinajstić information content (AvgIpc) is 2.77. The summed E-state index contributed by atoms with van der Waals surface area (Å²) in [6.45, 7) is 1.10. The van der Waals surface area contributed by atoms with Gasteiger partial charge < -0.3 is 14.7 Å². The third-order valence-electron chi connectivity index (χ3n) is 4.74. The average molecular weight is 305 g/mol. The van der Waals surface area contributed by atoms with Crippen molar-refractivity contribution in [2.45, 2.75) is 56.5 Å². The third kappa shape index (κ3) is 3.37. The van der Waals surface area contributed by atoms with E-state index in [9.17, 15) is 18.7 Å². The fourth-order valence-electron chi connectivity index (χ4n) is 3.46. The summed E-state index contributed by atoms with van der Waals surface area (Å²) in [7, 11) is 1.58. The summed E-state index contributed by atoms with van der Waals surface area (Å²) in [5.74, 6) is -4.81. The zero-order valence-electron chi connectivity index (χ0n) is 12.6. The summed E-state index contributed by atoms with van der Waals surface area (Å²) in [5, 5.41) is 10.1. The molecule has 0 aromatic rings. The third-order valence-corrected chi connectivity index (χ3v) is 4.74. The number of amides is 1. The van der Waals surface area contributed by atoms with Crippen LogP contribution in [0.3, 0.4) is 0 Å². The van der Waals surface area contributed by atoms with E-state index in [2.05, 4.69) is 0 Å². The molecular formula is C15H25F2NO3. The molecule has 1 atom stereocenters. The SMILES string of the molecule is COCC1CCCCN(C(=O)C(F)(F)C2(O)CCCC2)C1. The predicted octanol–water partition coefficient (Wildman–Crippen LogP) is 2.20. The molecule has 0 aromatic carbocycles. The number of ether oxygens (including phenoxy) is 1. The molecule has 2 fully saturated rings. The van der Waals surface area contributed by atoms with E-state index in [1.807, 2.05) is 0 Å². The highest BCUT2D eigenvalue weighted by atomic mass is 19.3. The van der Waals surface area contributed by atoms with Crippen LogP contribution in [0.4, 0.5) is 8.78 Å². The molecule has 0 aromatic heterocycles. The molecule has 1 heterocycles. The summed E-state index contributed by atoms with van der Waals surface area (Å²) < 4.78 is 34.0. The lowest BCUT2D eigenvalue weighted by atomic mass is 9.92. The first kappa shape index (κ1) is 16.6. The van der Waals surface area contributed by atoms with Crippen molar-refractivity contribution in [3.8, 4) is 0 Å². The van der Waals surface area contributed by atoms with Crippen molar-refractivity contribution >= 4 is 5.91 Å². The number of aliphatic hydroxyl groups is 1. The Morgan fingerprint density at radius 3 is 2.62 bits per heavy atom. The van der Waals surface area contributed by atoms with Crippen molar-refractivity contribution < 1.29 is 23.4 Å². The normalized spacial score (nSPS) is 26.7. The van der Waals surface area contributed by atoms with Gasteiger partial charge in [0.15, 0.2) is 0 Å². The van der Waals surface area contributed by atoms with E-state index in [0.29, 0.717) is 32.5 Å². The van der Waals surface area contributed by atoms with Gasteiger partial charge in [0.2, 0.25) is 0 Å². The lowest BCUT2D eigenvalue weighted by Crippen LogP contribution is -2.57. The van der Waals surface area contributed by atoms with E-state index in [1.54, 1.807) is 7.11 Å². The Morgan fingerprint density at radius 2 is 2.00 bits per heavy atom. The van der Waals surface area contributed by atoms with Crippen LogP contribution in [0.2, 0.25) is 0 Å². The summed E-state index contributed by atoms with van der Waals surface area (Å²) in [5.41, 5.74) is -2.16. The van der Waals surface area contributed by atoms with Crippen LogP contribution in [0.25, 0.3) is 0 Å². The van der Waals surface area contributed by atoms with Gasteiger partial charge in [-0.2, -0.15) is 8.78 Å². The number of methoxy groups -OCH3 is 1. The Morgan fingerprint density at radius 1 is 1.33 bits per heavy atom. The number of carbonyl (C=O) groups is 1. The van der Waals surface area contributed by atoms with Gasteiger partial charge in [0.05, 0.1) is 6.61 Å². The molecule has 1 aliphatic carbocycles. The number of hydrogen-bond donors (Lipinski definition) is 1. The summed E-state index contributed by atoms with van der Waals surface area (Å²) >= 11 is 0. The van der Waals surface area contributed by atoms with Gasteiger partial charge in [-0.05, 0) is 31.6 Å². The van der Waals surface area contributed by atoms with E-state index >= 15 is 0 Å². The molecule has 0 radical (unpaired) electrons. The first-order valence-corrected chi connectivity index (χ1v) is 7.79. The Labute approximate surface area is 124 Å². The van der Waals surface area contributed by atoms with E-state index < -0.39 is 17.4 Å². The minimum Gasteiger partial charge on any atom is -0.384 e. The van der Waals surface area contributed by atoms with Crippen molar-refractivity contribution in [2.24, 2.45) is 5.92 Å². The highest BCUT2D eigenvalue weighted by Gasteiger charge is 2.60. The minimum atomic E-state index is -3.69. The van der Waals surface area contributed by atoms with Crippen molar-refractivity contribution in [1.82, 2.24) is 4.90 Å². The van der Waals surface area contributed by atoms with Crippen LogP contribution in [-0.2, 0) is 9.53 Å². The predicted molar refractivity (Wildman–Crippen MR) is 74.2 cm³/mol. The fourth-order valence-corrected chi connectivity index (χ4v) is 3.46. The molecule has 4 nitrogen and oxygen atoms in total. The molecule has 1 saturated heterocycles. The number of alkyl halides is 2. The minimum absolute atomic E-state index is 0.00107. The van der Waals surface area contributed by atoms with Gasteiger partial charge in [0.1, 0.15) is 5.60 Å². The van der Waals surface area contributed by atoms with Gasteiger partial charge in [0, 0.05) is 20.2 Å². The summed E-state index contributed by atoms with van der Waals surface area (Å²) in [4.78, 5) is 13.5. The quantitative estimate of drug-likeness (QED) is 0.866. The van der Waals surface area contributed by atoms with E-state index in [1.165, 1.54) is 4.90 Å². The second-order valence-corrected chi connectivity index (χ2v) is 6.38. The second kappa shape index (κ2) is 6.57. The molecular weight excluding hydrogens is 280 g/mol. The largest absolute Gasteiger partial charge is 0.384 e. The lowest BCUT2D eigenvalue weighted by Gasteiger charge is -2.35. The zero-order valence-corrected chi connectivity index (χ0v) is 12.6. The first-order chi connectivity index (χ1) is 9.90. The van der Waals surface area contributed by atoms with Gasteiger partial charge >= 0.3 is 5.92 Å². The van der Waals surface area contributed by atoms with Crippen molar-refractivity contribution in [2.75, 3.05) is 26.8 Å². The van der Waals surface area contributed by atoms with Crippen LogP contribution < -0.4 is 0 Å². The maximum Gasteiger partial charge on any atom is 0.352 e. The molecule has 1 unspecified atom stereocenters. The van der Waals surface area contributed by atoms with Crippen LogP contribution in [0.5, 0.6) is 0 Å². The number of halogens is 2. The number of nitrogens with zero attached hydrogens (tertiary/aromatic N) is 1. The van der Waals surface area contributed by atoms with Crippen molar-refractivity contribution in [1.29, 1.82) is 0 Å². The van der Waals surface area contributed by atoms with Gasteiger partial charge in [0.25, 0.3) is 5.91 Å². The van der Waals surface area contributed by atoms with E-state index in [0.717, 1.165) is 19.3 Å². The van der Waals surface area contributed by atoms with Crippen LogP contribution >= 0.6 is 0 Å². The molecule has 0 spiro atoms. The molecule has 0 bridgehead atoms. The maximum absolute atomic E-state index is 14.5. The first-order valence-electron chi connectivity index (χ1n) is 7.79. The number of rotatable bonds is 4. The van der Waals surface area contributed by atoms with Gasteiger partial charge in [-0.3, -0.25) is 4.79 Å². The molecule has 1 N–H and O–H groups in total. The van der Waals surface area contributed by atoms with Crippen molar-refractivity contribution in [3.05, 3.63) is 0 Å². The maximum atomic E-state index is 14.5. The Hall–Kier alpha value is -0.750. The molecule has 21 heavy (non-hydrogen) atoms. The molecule has 2 rings (SSSR count). The fraction of sp³-hybridized carbons (Fsp3) is 0.933. The lowest BCUT2D eigenvalue weighted by molar-refractivity contribution is -0.200. The van der Waals surface area contributed by atoms with Crippen LogP contribution in [0.15, 0.2) is 0 Å². The Kier molecular flexibility index (Phi) is 5.20. The van der Waals surface area contributed by atoms with Crippen LogP contribution in [0.1, 0.15) is 44.9 Å². The molecule has 2 aliphatic rings.